The molecular weight excluding hydrogens is 334 g/mol. The lowest BCUT2D eigenvalue weighted by atomic mass is 10.0. The molecule has 8 nitrogen and oxygen atoms in total. The van der Waals surface area contributed by atoms with Gasteiger partial charge in [-0.1, -0.05) is 0 Å². The Morgan fingerprint density at radius 1 is 1.17 bits per heavy atom. The summed E-state index contributed by atoms with van der Waals surface area (Å²) in [5.74, 6) is 0.0217. The molecule has 1 fully saturated rings. The summed E-state index contributed by atoms with van der Waals surface area (Å²) in [7, 11) is -3.09. The van der Waals surface area contributed by atoms with Gasteiger partial charge in [0.1, 0.15) is 0 Å². The summed E-state index contributed by atoms with van der Waals surface area (Å²) < 4.78 is 27.8. The maximum Gasteiger partial charge on any atom is 0.411 e. The lowest BCUT2D eigenvalue weighted by Gasteiger charge is -2.24. The number of amides is 3. The predicted molar refractivity (Wildman–Crippen MR) is 90.9 cm³/mol. The molecule has 1 heterocycles. The fraction of sp³-hybridized carbons (Fsp3) is 0.467. The van der Waals surface area contributed by atoms with E-state index in [2.05, 4.69) is 16.0 Å². The molecule has 1 aliphatic heterocycles. The molecule has 1 aromatic rings. The molecule has 1 aliphatic rings. The highest BCUT2D eigenvalue weighted by Crippen LogP contribution is 2.23. The number of nitrogens with one attached hydrogen (secondary N) is 3. The zero-order valence-corrected chi connectivity index (χ0v) is 14.4. The van der Waals surface area contributed by atoms with Gasteiger partial charge in [-0.2, -0.15) is 0 Å². The Morgan fingerprint density at radius 3 is 2.25 bits per heavy atom. The molecule has 132 valence electrons. The Kier molecular flexibility index (Phi) is 5.33. The van der Waals surface area contributed by atoms with Crippen molar-refractivity contribution in [1.82, 2.24) is 5.32 Å². The summed E-state index contributed by atoms with van der Waals surface area (Å²) in [5.41, 5.74) is 0.300. The monoisotopic (exact) mass is 355 g/mol. The first kappa shape index (κ1) is 18.1. The summed E-state index contributed by atoms with van der Waals surface area (Å²) >= 11 is 0. The molecule has 24 heavy (non-hydrogen) atoms. The number of anilines is 2. The van der Waals surface area contributed by atoms with Gasteiger partial charge in [0, 0.05) is 11.4 Å². The topological polar surface area (TPSA) is 114 Å². The summed E-state index contributed by atoms with van der Waals surface area (Å²) in [6.07, 6.45) is -0.156. The largest absolute Gasteiger partial charge is 0.450 e. The Labute approximate surface area is 140 Å². The Balaban J connectivity index is 1.89. The maximum atomic E-state index is 12.0. The highest BCUT2D eigenvalue weighted by molar-refractivity contribution is 7.91. The second-order valence-electron chi connectivity index (χ2n) is 5.90. The van der Waals surface area contributed by atoms with Gasteiger partial charge in [-0.05, 0) is 44.5 Å². The van der Waals surface area contributed by atoms with Gasteiger partial charge in [-0.3, -0.25) is 5.32 Å². The normalized spacial score (nSPS) is 21.8. The first-order chi connectivity index (χ1) is 11.2. The lowest BCUT2D eigenvalue weighted by Crippen LogP contribution is -2.48. The Hall–Kier alpha value is -2.29. The number of benzene rings is 1. The first-order valence-electron chi connectivity index (χ1n) is 7.55. The molecule has 9 heteroatoms. The molecule has 0 bridgehead atoms. The van der Waals surface area contributed by atoms with Crippen molar-refractivity contribution in [1.29, 1.82) is 0 Å². The number of sulfone groups is 1. The fourth-order valence-electron chi connectivity index (χ4n) is 2.47. The smallest absolute Gasteiger partial charge is 0.411 e. The maximum absolute atomic E-state index is 12.0. The van der Waals surface area contributed by atoms with Crippen LogP contribution in [-0.2, 0) is 14.6 Å². The van der Waals surface area contributed by atoms with Gasteiger partial charge in [-0.25, -0.2) is 18.0 Å². The molecule has 3 amide bonds. The van der Waals surface area contributed by atoms with E-state index >= 15 is 0 Å². The summed E-state index contributed by atoms with van der Waals surface area (Å²) in [6, 6.07) is 6.01. The van der Waals surface area contributed by atoms with Gasteiger partial charge in [-0.15, -0.1) is 0 Å². The number of hydrogen-bond donors (Lipinski definition) is 3. The Bertz CT molecular complexity index is 717. The van der Waals surface area contributed by atoms with Crippen LogP contribution < -0.4 is 16.0 Å². The highest BCUT2D eigenvalue weighted by atomic mass is 32.2. The molecule has 0 saturated carbocycles. The summed E-state index contributed by atoms with van der Waals surface area (Å²) in [6.45, 7) is 3.70. The number of carbonyl (C=O) groups excluding carboxylic acids is 2. The third kappa shape index (κ3) is 5.12. The van der Waals surface area contributed by atoms with Crippen molar-refractivity contribution in [3.63, 3.8) is 0 Å². The van der Waals surface area contributed by atoms with Gasteiger partial charge < -0.3 is 15.4 Å². The van der Waals surface area contributed by atoms with Gasteiger partial charge in [0.25, 0.3) is 0 Å². The van der Waals surface area contributed by atoms with Crippen LogP contribution >= 0.6 is 0 Å². The van der Waals surface area contributed by atoms with E-state index in [0.717, 1.165) is 0 Å². The highest BCUT2D eigenvalue weighted by Gasteiger charge is 2.39. The third-order valence-electron chi connectivity index (χ3n) is 3.58. The minimum absolute atomic E-state index is 0.0597. The van der Waals surface area contributed by atoms with Crippen molar-refractivity contribution in [2.45, 2.75) is 25.8 Å². The number of rotatable bonds is 4. The van der Waals surface area contributed by atoms with Crippen molar-refractivity contribution in [3.05, 3.63) is 24.3 Å². The van der Waals surface area contributed by atoms with Crippen LogP contribution in [-0.4, -0.2) is 44.2 Å². The molecule has 0 radical (unpaired) electrons. The molecule has 0 aliphatic carbocycles. The van der Waals surface area contributed by atoms with Crippen LogP contribution in [0.3, 0.4) is 0 Å². The van der Waals surface area contributed by atoms with Crippen molar-refractivity contribution in [2.24, 2.45) is 0 Å². The van der Waals surface area contributed by atoms with Crippen LogP contribution in [0.15, 0.2) is 24.3 Å². The Morgan fingerprint density at radius 2 is 1.75 bits per heavy atom. The molecule has 0 aromatic heterocycles. The van der Waals surface area contributed by atoms with Crippen molar-refractivity contribution in [2.75, 3.05) is 28.7 Å². The molecule has 1 unspecified atom stereocenters. The van der Waals surface area contributed by atoms with E-state index in [-0.39, 0.29) is 18.1 Å². The molecule has 1 aromatic carbocycles. The lowest BCUT2D eigenvalue weighted by molar-refractivity contribution is 0.168. The van der Waals surface area contributed by atoms with Crippen LogP contribution in [0.25, 0.3) is 0 Å². The van der Waals surface area contributed by atoms with Gasteiger partial charge in [0.15, 0.2) is 9.84 Å². The van der Waals surface area contributed by atoms with Crippen LogP contribution in [0.5, 0.6) is 0 Å². The molecule has 2 rings (SSSR count). The molecule has 1 saturated heterocycles. The van der Waals surface area contributed by atoms with E-state index in [0.29, 0.717) is 17.8 Å². The van der Waals surface area contributed by atoms with Crippen LogP contribution in [0, 0.1) is 0 Å². The standard InChI is InChI=1S/C15H21N3O5S/c1-3-23-14(20)17-12-6-4-11(5-7-12)16-13(19)18-15(2)8-9-24(21,22)10-15/h4-7H,3,8-10H2,1-2H3,(H,17,20)(H2,16,18,19). The average Bonchev–Trinajstić information content (AvgIpc) is 2.74. The number of carbonyl (C=O) groups is 2. The number of hydrogen-bond acceptors (Lipinski definition) is 5. The number of ether oxygens (including phenoxy) is 1. The van der Waals surface area contributed by atoms with Crippen molar-refractivity contribution in [3.8, 4) is 0 Å². The zero-order valence-electron chi connectivity index (χ0n) is 13.6. The molecule has 3 N–H and O–H groups in total. The van der Waals surface area contributed by atoms with E-state index in [1.165, 1.54) is 0 Å². The third-order valence-corrected chi connectivity index (χ3v) is 5.49. The number of urea groups is 1. The van der Waals surface area contributed by atoms with Crippen molar-refractivity contribution >= 4 is 33.3 Å². The van der Waals surface area contributed by atoms with E-state index in [1.54, 1.807) is 38.1 Å². The van der Waals surface area contributed by atoms with E-state index in [1.807, 2.05) is 0 Å². The van der Waals surface area contributed by atoms with Crippen molar-refractivity contribution < 1.29 is 22.7 Å². The fourth-order valence-corrected chi connectivity index (χ4v) is 4.56. The van der Waals surface area contributed by atoms with Crippen LogP contribution in [0.2, 0.25) is 0 Å². The average molecular weight is 355 g/mol. The molecular formula is C15H21N3O5S. The van der Waals surface area contributed by atoms with Gasteiger partial charge in [0.2, 0.25) is 0 Å². The second kappa shape index (κ2) is 7.08. The molecule has 0 spiro atoms. The van der Waals surface area contributed by atoms with E-state index in [9.17, 15) is 18.0 Å². The van der Waals surface area contributed by atoms with Crippen LogP contribution in [0.1, 0.15) is 20.3 Å². The van der Waals surface area contributed by atoms with Crippen LogP contribution in [0.4, 0.5) is 21.0 Å². The summed E-state index contributed by atoms with van der Waals surface area (Å²) in [4.78, 5) is 23.3. The first-order valence-corrected chi connectivity index (χ1v) is 9.37. The quantitative estimate of drug-likeness (QED) is 0.764. The second-order valence-corrected chi connectivity index (χ2v) is 8.09. The van der Waals surface area contributed by atoms with Gasteiger partial charge >= 0.3 is 12.1 Å². The zero-order chi connectivity index (χ0) is 17.8. The van der Waals surface area contributed by atoms with Gasteiger partial charge in [0.05, 0.1) is 23.7 Å². The predicted octanol–water partition coefficient (Wildman–Crippen LogP) is 1.95. The van der Waals surface area contributed by atoms with E-state index in [4.69, 9.17) is 4.74 Å². The molecule has 1 atom stereocenters. The minimum Gasteiger partial charge on any atom is -0.450 e. The minimum atomic E-state index is -3.09. The van der Waals surface area contributed by atoms with E-state index < -0.39 is 27.5 Å². The SMILES string of the molecule is CCOC(=O)Nc1ccc(NC(=O)NC2(C)CCS(=O)(=O)C2)cc1. The summed E-state index contributed by atoms with van der Waals surface area (Å²) in [5, 5.41) is 7.88.